The van der Waals surface area contributed by atoms with E-state index < -0.39 is 9.84 Å². The van der Waals surface area contributed by atoms with Crippen LogP contribution in [0.4, 0.5) is 5.69 Å². The summed E-state index contributed by atoms with van der Waals surface area (Å²) in [6.07, 6.45) is 7.34. The molecule has 0 radical (unpaired) electrons. The standard InChI is InChI=1S/C23H28N2O2S/c1-19(17-22-7-6-15-25(22)2)18-24-21-12-10-20(11-13-21)14-16-28(26,27)23-8-4-3-5-9-23/h3-5,8-14,16,18,22,24H,6-7,15,17H2,1-2H3/b16-14+,19-18+. The first-order valence-corrected chi connectivity index (χ1v) is 11.2. The largest absolute Gasteiger partial charge is 0.362 e. The lowest BCUT2D eigenvalue weighted by molar-refractivity contribution is 0.309. The summed E-state index contributed by atoms with van der Waals surface area (Å²) < 4.78 is 24.6. The quantitative estimate of drug-likeness (QED) is 0.721. The minimum atomic E-state index is -3.42. The van der Waals surface area contributed by atoms with Crippen LogP contribution in [0.1, 0.15) is 31.7 Å². The number of rotatable bonds is 7. The van der Waals surface area contributed by atoms with Gasteiger partial charge in [0.25, 0.3) is 0 Å². The van der Waals surface area contributed by atoms with Gasteiger partial charge < -0.3 is 10.2 Å². The Morgan fingerprint density at radius 3 is 2.50 bits per heavy atom. The van der Waals surface area contributed by atoms with E-state index in [0.717, 1.165) is 17.7 Å². The zero-order valence-electron chi connectivity index (χ0n) is 16.5. The molecule has 0 saturated carbocycles. The average Bonchev–Trinajstić information content (AvgIpc) is 3.11. The minimum absolute atomic E-state index is 0.304. The third-order valence-corrected chi connectivity index (χ3v) is 6.56. The molecule has 0 aliphatic carbocycles. The molecule has 1 saturated heterocycles. The van der Waals surface area contributed by atoms with Crippen molar-refractivity contribution in [3.05, 3.63) is 77.3 Å². The van der Waals surface area contributed by atoms with Gasteiger partial charge in [-0.1, -0.05) is 35.9 Å². The first-order chi connectivity index (χ1) is 13.4. The fourth-order valence-corrected chi connectivity index (χ4v) is 4.45. The van der Waals surface area contributed by atoms with Gasteiger partial charge in [0.1, 0.15) is 0 Å². The third-order valence-electron chi connectivity index (χ3n) is 5.14. The van der Waals surface area contributed by atoms with Crippen LogP contribution in [-0.4, -0.2) is 33.0 Å². The van der Waals surface area contributed by atoms with Gasteiger partial charge in [-0.05, 0) is 81.9 Å². The second kappa shape index (κ2) is 9.22. The van der Waals surface area contributed by atoms with Gasteiger partial charge in [0, 0.05) is 17.1 Å². The van der Waals surface area contributed by atoms with Crippen molar-refractivity contribution >= 4 is 21.6 Å². The summed E-state index contributed by atoms with van der Waals surface area (Å²) in [5.74, 6) is 0. The van der Waals surface area contributed by atoms with Gasteiger partial charge >= 0.3 is 0 Å². The Morgan fingerprint density at radius 2 is 1.86 bits per heavy atom. The molecule has 148 valence electrons. The molecule has 1 N–H and O–H groups in total. The van der Waals surface area contributed by atoms with Crippen LogP contribution in [0.25, 0.3) is 6.08 Å². The normalized spacial score (nSPS) is 18.6. The molecular formula is C23H28N2O2S. The van der Waals surface area contributed by atoms with Crippen LogP contribution in [0.3, 0.4) is 0 Å². The first-order valence-electron chi connectivity index (χ1n) is 9.65. The molecule has 0 amide bonds. The lowest BCUT2D eigenvalue weighted by Gasteiger charge is -2.19. The lowest BCUT2D eigenvalue weighted by atomic mass is 10.1. The van der Waals surface area contributed by atoms with Gasteiger partial charge in [0.2, 0.25) is 0 Å². The summed E-state index contributed by atoms with van der Waals surface area (Å²) >= 11 is 0. The van der Waals surface area contributed by atoms with Crippen molar-refractivity contribution < 1.29 is 8.42 Å². The number of hydrogen-bond donors (Lipinski definition) is 1. The van der Waals surface area contributed by atoms with E-state index >= 15 is 0 Å². The number of benzene rings is 2. The average molecular weight is 397 g/mol. The summed E-state index contributed by atoms with van der Waals surface area (Å²) in [6.45, 7) is 3.35. The van der Waals surface area contributed by atoms with E-state index in [0.29, 0.717) is 10.9 Å². The van der Waals surface area contributed by atoms with Gasteiger partial charge in [-0.15, -0.1) is 0 Å². The van der Waals surface area contributed by atoms with Crippen LogP contribution >= 0.6 is 0 Å². The van der Waals surface area contributed by atoms with Crippen LogP contribution in [0.5, 0.6) is 0 Å². The summed E-state index contributed by atoms with van der Waals surface area (Å²) in [6, 6.07) is 16.8. The van der Waals surface area contributed by atoms with Crippen LogP contribution < -0.4 is 5.32 Å². The Hall–Kier alpha value is -2.37. The molecule has 1 unspecified atom stereocenters. The molecule has 0 spiro atoms. The first kappa shape index (κ1) is 20.4. The molecule has 1 heterocycles. The molecule has 5 heteroatoms. The molecule has 0 aromatic heterocycles. The summed E-state index contributed by atoms with van der Waals surface area (Å²) in [4.78, 5) is 2.74. The van der Waals surface area contributed by atoms with Gasteiger partial charge in [0.05, 0.1) is 4.90 Å². The second-order valence-corrected chi connectivity index (χ2v) is 9.23. The monoisotopic (exact) mass is 396 g/mol. The number of likely N-dealkylation sites (tertiary alicyclic amines) is 1. The van der Waals surface area contributed by atoms with Crippen LogP contribution in [-0.2, 0) is 9.84 Å². The van der Waals surface area contributed by atoms with Crippen LogP contribution in [0, 0.1) is 0 Å². The highest BCUT2D eigenvalue weighted by atomic mass is 32.2. The molecule has 1 atom stereocenters. The van der Waals surface area contributed by atoms with E-state index in [-0.39, 0.29) is 0 Å². The van der Waals surface area contributed by atoms with Gasteiger partial charge in [-0.25, -0.2) is 8.42 Å². The zero-order chi connectivity index (χ0) is 20.0. The van der Waals surface area contributed by atoms with Crippen molar-refractivity contribution in [2.75, 3.05) is 18.9 Å². The number of anilines is 1. The van der Waals surface area contributed by atoms with Gasteiger partial charge in [-0.2, -0.15) is 0 Å². The van der Waals surface area contributed by atoms with Crippen LogP contribution in [0.2, 0.25) is 0 Å². The number of nitrogens with zero attached hydrogens (tertiary/aromatic N) is 1. The molecule has 2 aromatic rings. The Bertz CT molecular complexity index is 932. The summed E-state index contributed by atoms with van der Waals surface area (Å²) in [5, 5.41) is 4.59. The van der Waals surface area contributed by atoms with Crippen molar-refractivity contribution in [1.82, 2.24) is 4.90 Å². The van der Waals surface area contributed by atoms with E-state index in [9.17, 15) is 8.42 Å². The maximum absolute atomic E-state index is 12.3. The smallest absolute Gasteiger partial charge is 0.199 e. The maximum Gasteiger partial charge on any atom is 0.199 e. The highest BCUT2D eigenvalue weighted by molar-refractivity contribution is 7.94. The van der Waals surface area contributed by atoms with Crippen molar-refractivity contribution in [2.45, 2.75) is 37.1 Å². The van der Waals surface area contributed by atoms with Gasteiger partial charge in [-0.3, -0.25) is 0 Å². The summed E-state index contributed by atoms with van der Waals surface area (Å²) in [7, 11) is -1.22. The predicted octanol–water partition coefficient (Wildman–Crippen LogP) is 4.93. The SMILES string of the molecule is C/C(=C\Nc1ccc(/C=C/S(=O)(=O)c2ccccc2)cc1)CC1CCCN1C. The van der Waals surface area contributed by atoms with E-state index in [4.69, 9.17) is 0 Å². The third kappa shape index (κ3) is 5.57. The molecule has 1 aliphatic rings. The van der Waals surface area contributed by atoms with Crippen molar-refractivity contribution in [3.8, 4) is 0 Å². The van der Waals surface area contributed by atoms with Crippen LogP contribution in [0.15, 0.2) is 76.7 Å². The van der Waals surface area contributed by atoms with E-state index in [1.807, 2.05) is 24.3 Å². The Morgan fingerprint density at radius 1 is 1.14 bits per heavy atom. The summed E-state index contributed by atoms with van der Waals surface area (Å²) in [5.41, 5.74) is 3.16. The van der Waals surface area contributed by atoms with Gasteiger partial charge in [0.15, 0.2) is 9.84 Å². The highest BCUT2D eigenvalue weighted by Gasteiger charge is 2.20. The Labute approximate surface area is 168 Å². The Balaban J connectivity index is 1.58. The highest BCUT2D eigenvalue weighted by Crippen LogP contribution is 2.21. The molecule has 3 rings (SSSR count). The molecule has 2 aromatic carbocycles. The van der Waals surface area contributed by atoms with Crippen molar-refractivity contribution in [2.24, 2.45) is 0 Å². The van der Waals surface area contributed by atoms with E-state index in [1.54, 1.807) is 36.4 Å². The predicted molar refractivity (Wildman–Crippen MR) is 117 cm³/mol. The molecular weight excluding hydrogens is 368 g/mol. The number of nitrogens with one attached hydrogen (secondary N) is 1. The zero-order valence-corrected chi connectivity index (χ0v) is 17.3. The van der Waals surface area contributed by atoms with E-state index in [1.165, 1.54) is 30.4 Å². The fourth-order valence-electron chi connectivity index (χ4n) is 3.42. The molecule has 0 bridgehead atoms. The minimum Gasteiger partial charge on any atom is -0.362 e. The molecule has 1 aliphatic heterocycles. The molecule has 4 nitrogen and oxygen atoms in total. The number of sulfone groups is 1. The number of hydrogen-bond acceptors (Lipinski definition) is 4. The lowest BCUT2D eigenvalue weighted by Crippen LogP contribution is -2.24. The van der Waals surface area contributed by atoms with Crippen molar-refractivity contribution in [3.63, 3.8) is 0 Å². The molecule has 28 heavy (non-hydrogen) atoms. The Kier molecular flexibility index (Phi) is 6.70. The van der Waals surface area contributed by atoms with Crippen molar-refractivity contribution in [1.29, 1.82) is 0 Å². The van der Waals surface area contributed by atoms with E-state index in [2.05, 4.69) is 30.4 Å². The molecule has 1 fully saturated rings. The topological polar surface area (TPSA) is 49.4 Å². The maximum atomic E-state index is 12.3. The second-order valence-electron chi connectivity index (χ2n) is 7.40. The fraction of sp³-hybridized carbons (Fsp3) is 0.304.